The minimum atomic E-state index is -0.521. The Bertz CT molecular complexity index is 298. The zero-order valence-corrected chi connectivity index (χ0v) is 6.21. The number of hydrogen-bond donors (Lipinski definition) is 0. The molecule has 4 heteroatoms. The number of hydrogen-bond acceptors (Lipinski definition) is 2. The Kier molecular flexibility index (Phi) is 2.10. The lowest BCUT2D eigenvalue weighted by Crippen LogP contribution is -1.87. The first-order valence-electron chi connectivity index (χ1n) is 2.80. The Morgan fingerprint density at radius 1 is 1.55 bits per heavy atom. The van der Waals surface area contributed by atoms with Crippen LogP contribution >= 0.6 is 11.6 Å². The highest BCUT2D eigenvalue weighted by Gasteiger charge is 2.05. The highest BCUT2D eigenvalue weighted by Crippen LogP contribution is 2.20. The second-order valence-corrected chi connectivity index (χ2v) is 2.37. The van der Waals surface area contributed by atoms with Gasteiger partial charge in [0.25, 0.3) is 5.69 Å². The summed E-state index contributed by atoms with van der Waals surface area (Å²) in [6, 6.07) is 3.93. The second kappa shape index (κ2) is 2.88. The molecule has 0 bridgehead atoms. The molecule has 56 valence electrons. The summed E-state index contributed by atoms with van der Waals surface area (Å²) in [6.07, 6.45) is 0. The Morgan fingerprint density at radius 2 is 2.18 bits per heavy atom. The van der Waals surface area contributed by atoms with E-state index in [1.54, 1.807) is 0 Å². The van der Waals surface area contributed by atoms with Gasteiger partial charge in [-0.05, 0) is 11.6 Å². The van der Waals surface area contributed by atoms with Gasteiger partial charge in [0.2, 0.25) is 0 Å². The highest BCUT2D eigenvalue weighted by atomic mass is 35.5. The molecule has 0 unspecified atom stereocenters. The fourth-order valence-corrected chi connectivity index (χ4v) is 0.762. The van der Waals surface area contributed by atoms with Gasteiger partial charge >= 0.3 is 0 Å². The number of non-ortho nitro benzene ring substituents is 1. The molecule has 0 N–H and O–H groups in total. The van der Waals surface area contributed by atoms with Crippen LogP contribution in [0.2, 0.25) is 5.02 Å². The molecule has 3 nitrogen and oxygen atoms in total. The molecule has 0 aliphatic heterocycles. The van der Waals surface area contributed by atoms with Crippen molar-refractivity contribution < 1.29 is 4.92 Å². The Hall–Kier alpha value is -1.09. The van der Waals surface area contributed by atoms with Crippen LogP contribution in [0.4, 0.5) is 5.69 Å². The minimum Gasteiger partial charge on any atom is -0.258 e. The van der Waals surface area contributed by atoms with E-state index >= 15 is 0 Å². The molecule has 0 heterocycles. The Morgan fingerprint density at radius 3 is 2.64 bits per heavy atom. The molecule has 1 aromatic carbocycles. The highest BCUT2D eigenvalue weighted by molar-refractivity contribution is 6.31. The molecule has 1 rings (SSSR count). The van der Waals surface area contributed by atoms with E-state index in [1.165, 1.54) is 18.2 Å². The third kappa shape index (κ3) is 1.68. The number of nitro benzene ring substituents is 1. The lowest BCUT2D eigenvalue weighted by atomic mass is 10.2. The molecule has 1 aromatic rings. The van der Waals surface area contributed by atoms with Crippen LogP contribution in [-0.2, 0) is 0 Å². The zero-order chi connectivity index (χ0) is 8.43. The summed E-state index contributed by atoms with van der Waals surface area (Å²) in [5.74, 6) is 0. The predicted molar refractivity (Wildman–Crippen MR) is 41.5 cm³/mol. The van der Waals surface area contributed by atoms with E-state index in [2.05, 4.69) is 0 Å². The maximum atomic E-state index is 10.2. The van der Waals surface area contributed by atoms with Crippen LogP contribution in [0.25, 0.3) is 0 Å². The number of halogens is 1. The van der Waals surface area contributed by atoms with Crippen LogP contribution in [0.3, 0.4) is 0 Å². The predicted octanol–water partition coefficient (Wildman–Crippen LogP) is 2.31. The van der Waals surface area contributed by atoms with E-state index in [0.717, 1.165) is 0 Å². The minimum absolute atomic E-state index is 0.0492. The summed E-state index contributed by atoms with van der Waals surface area (Å²) in [5, 5.41) is 10.5. The van der Waals surface area contributed by atoms with Crippen LogP contribution in [-0.4, -0.2) is 4.92 Å². The molecule has 0 amide bonds. The molecular weight excluding hydrogens is 166 g/mol. The Balaban J connectivity index is 3.15. The van der Waals surface area contributed by atoms with Gasteiger partial charge < -0.3 is 0 Å². The molecule has 11 heavy (non-hydrogen) atoms. The molecule has 0 atom stereocenters. The maximum absolute atomic E-state index is 10.2. The van der Waals surface area contributed by atoms with Crippen molar-refractivity contribution in [1.82, 2.24) is 0 Å². The van der Waals surface area contributed by atoms with Gasteiger partial charge in [0.15, 0.2) is 0 Å². The van der Waals surface area contributed by atoms with E-state index in [9.17, 15) is 10.1 Å². The zero-order valence-electron chi connectivity index (χ0n) is 5.45. The summed E-state index contributed by atoms with van der Waals surface area (Å²) >= 11 is 5.54. The molecule has 0 aliphatic rings. The van der Waals surface area contributed by atoms with E-state index < -0.39 is 4.92 Å². The summed E-state index contributed by atoms with van der Waals surface area (Å²) in [7, 11) is 0. The quantitative estimate of drug-likeness (QED) is 0.478. The summed E-state index contributed by atoms with van der Waals surface area (Å²) in [4.78, 5) is 9.65. The van der Waals surface area contributed by atoms with Crippen molar-refractivity contribution in [3.8, 4) is 0 Å². The standard InChI is InChI=1S/C7H4ClNO2/c1-5-4-6(9(10)11)2-3-7(5)8/h1-4H. The van der Waals surface area contributed by atoms with Crippen molar-refractivity contribution in [2.24, 2.45) is 0 Å². The van der Waals surface area contributed by atoms with Crippen molar-refractivity contribution in [2.75, 3.05) is 0 Å². The number of benzene rings is 1. The van der Waals surface area contributed by atoms with Crippen LogP contribution in [0.5, 0.6) is 0 Å². The monoisotopic (exact) mass is 169 g/mol. The topological polar surface area (TPSA) is 43.1 Å². The van der Waals surface area contributed by atoms with Crippen molar-refractivity contribution in [1.29, 1.82) is 0 Å². The summed E-state index contributed by atoms with van der Waals surface area (Å²) in [5.41, 5.74) is 0.174. The number of rotatable bonds is 1. The van der Waals surface area contributed by atoms with Crippen LogP contribution in [0.15, 0.2) is 18.2 Å². The SMILES string of the molecule is [CH]c1cc([N+](=O)[O-])ccc1Cl. The second-order valence-electron chi connectivity index (χ2n) is 1.96. The molecule has 0 fully saturated rings. The fraction of sp³-hybridized carbons (Fsp3) is 0. The van der Waals surface area contributed by atoms with Gasteiger partial charge in [0.1, 0.15) is 0 Å². The van der Waals surface area contributed by atoms with Crippen molar-refractivity contribution in [3.63, 3.8) is 0 Å². The lowest BCUT2D eigenvalue weighted by molar-refractivity contribution is -0.384. The van der Waals surface area contributed by atoms with Crippen molar-refractivity contribution in [2.45, 2.75) is 0 Å². The molecular formula is C7H4ClNO2. The number of nitrogens with zero attached hydrogens (tertiary/aromatic N) is 1. The van der Waals surface area contributed by atoms with Gasteiger partial charge in [-0.2, -0.15) is 0 Å². The summed E-state index contributed by atoms with van der Waals surface area (Å²) < 4.78 is 0. The van der Waals surface area contributed by atoms with Gasteiger partial charge in [-0.25, -0.2) is 0 Å². The molecule has 0 saturated carbocycles. The first-order valence-corrected chi connectivity index (χ1v) is 3.18. The van der Waals surface area contributed by atoms with Crippen molar-refractivity contribution in [3.05, 3.63) is 45.8 Å². The van der Waals surface area contributed by atoms with Gasteiger partial charge in [-0.1, -0.05) is 11.6 Å². The van der Waals surface area contributed by atoms with E-state index in [1.807, 2.05) is 0 Å². The third-order valence-corrected chi connectivity index (χ3v) is 1.53. The van der Waals surface area contributed by atoms with Crippen LogP contribution in [0, 0.1) is 17.0 Å². The average molecular weight is 170 g/mol. The van der Waals surface area contributed by atoms with Gasteiger partial charge in [-0.3, -0.25) is 10.1 Å². The first-order chi connectivity index (χ1) is 5.11. The van der Waals surface area contributed by atoms with E-state index in [0.29, 0.717) is 5.02 Å². The van der Waals surface area contributed by atoms with Crippen LogP contribution < -0.4 is 0 Å². The largest absolute Gasteiger partial charge is 0.269 e. The van der Waals surface area contributed by atoms with Gasteiger partial charge in [-0.15, -0.1) is 0 Å². The third-order valence-electron chi connectivity index (χ3n) is 1.19. The molecule has 2 radical (unpaired) electrons. The maximum Gasteiger partial charge on any atom is 0.269 e. The van der Waals surface area contributed by atoms with Crippen LogP contribution in [0.1, 0.15) is 5.56 Å². The smallest absolute Gasteiger partial charge is 0.258 e. The average Bonchev–Trinajstić information content (AvgIpc) is 1.94. The number of nitro groups is 1. The molecule has 0 saturated heterocycles. The van der Waals surface area contributed by atoms with Gasteiger partial charge in [0.05, 0.1) is 4.92 Å². The van der Waals surface area contributed by atoms with Crippen molar-refractivity contribution >= 4 is 17.3 Å². The van der Waals surface area contributed by atoms with E-state index in [4.69, 9.17) is 18.5 Å². The molecule has 0 spiro atoms. The Labute approximate surface area is 68.8 Å². The van der Waals surface area contributed by atoms with Gasteiger partial charge in [0, 0.05) is 24.1 Å². The lowest BCUT2D eigenvalue weighted by Gasteiger charge is -1.94. The summed E-state index contributed by atoms with van der Waals surface area (Å²) in [6.45, 7) is 5.32. The molecule has 0 aliphatic carbocycles. The molecule has 0 aromatic heterocycles. The first kappa shape index (κ1) is 8.01. The fourth-order valence-electron chi connectivity index (χ4n) is 0.645. The van der Waals surface area contributed by atoms with E-state index in [-0.39, 0.29) is 11.3 Å². The normalized spacial score (nSPS) is 9.64.